The van der Waals surface area contributed by atoms with Gasteiger partial charge in [0.05, 0.1) is 6.10 Å². The predicted octanol–water partition coefficient (Wildman–Crippen LogP) is 7.00. The summed E-state index contributed by atoms with van der Waals surface area (Å²) in [5, 5.41) is 21.6. The normalized spacial score (nSPS) is 56.8. The highest BCUT2D eigenvalue weighted by Gasteiger charge is 2.68. The molecule has 0 amide bonds. The number of aliphatic hydroxyl groups is 2. The minimum absolute atomic E-state index is 0.0190. The molecule has 0 aliphatic heterocycles. The average Bonchev–Trinajstić information content (AvgIpc) is 2.74. The van der Waals surface area contributed by atoms with Crippen LogP contribution in [0.1, 0.15) is 106 Å². The monoisotopic (exact) mass is 442 g/mol. The molecule has 2 N–H and O–H groups in total. The van der Waals surface area contributed by atoms with Gasteiger partial charge in [0.2, 0.25) is 0 Å². The molecule has 4 fully saturated rings. The zero-order chi connectivity index (χ0) is 23.3. The van der Waals surface area contributed by atoms with Crippen molar-refractivity contribution < 1.29 is 10.2 Å². The molecular weight excluding hydrogens is 392 g/mol. The van der Waals surface area contributed by atoms with Crippen LogP contribution in [0.2, 0.25) is 0 Å². The Kier molecular flexibility index (Phi) is 5.19. The van der Waals surface area contributed by atoms with Gasteiger partial charge < -0.3 is 10.2 Å². The second-order valence-corrected chi connectivity index (χ2v) is 14.5. The molecular formula is C30H50O2. The Labute approximate surface area is 197 Å². The van der Waals surface area contributed by atoms with E-state index in [1.807, 2.05) is 0 Å². The fraction of sp³-hybridized carbons (Fsp3) is 0.933. The van der Waals surface area contributed by atoms with Gasteiger partial charge in [-0.05, 0) is 109 Å². The minimum Gasteiger partial charge on any atom is -0.396 e. The minimum atomic E-state index is -0.153. The molecule has 2 nitrogen and oxygen atoms in total. The zero-order valence-electron chi connectivity index (χ0n) is 22.0. The van der Waals surface area contributed by atoms with Gasteiger partial charge in [0, 0.05) is 12.0 Å². The third kappa shape index (κ3) is 2.66. The third-order valence-electron chi connectivity index (χ3n) is 13.5. The number of aliphatic hydroxyl groups excluding tert-OH is 2. The molecule has 0 aromatic heterocycles. The van der Waals surface area contributed by atoms with Gasteiger partial charge >= 0.3 is 0 Å². The van der Waals surface area contributed by atoms with E-state index in [9.17, 15) is 10.2 Å². The molecule has 0 aromatic carbocycles. The largest absolute Gasteiger partial charge is 0.396 e. The van der Waals surface area contributed by atoms with Gasteiger partial charge in [-0.2, -0.15) is 0 Å². The summed E-state index contributed by atoms with van der Waals surface area (Å²) in [6.07, 6.45) is 13.4. The van der Waals surface area contributed by atoms with Gasteiger partial charge in [0.1, 0.15) is 0 Å². The fourth-order valence-corrected chi connectivity index (χ4v) is 10.9. The first-order chi connectivity index (χ1) is 14.9. The van der Waals surface area contributed by atoms with Crippen molar-refractivity contribution in [3.05, 3.63) is 11.6 Å². The van der Waals surface area contributed by atoms with Gasteiger partial charge in [-0.15, -0.1) is 0 Å². The molecule has 0 spiro atoms. The summed E-state index contributed by atoms with van der Waals surface area (Å²) in [6.45, 7) is 17.9. The van der Waals surface area contributed by atoms with Crippen LogP contribution >= 0.6 is 0 Å². The van der Waals surface area contributed by atoms with E-state index in [4.69, 9.17) is 0 Å². The molecule has 5 rings (SSSR count). The molecule has 5 aliphatic rings. The highest BCUT2D eigenvalue weighted by Crippen LogP contribution is 2.75. The van der Waals surface area contributed by atoms with Gasteiger partial charge in [0.15, 0.2) is 0 Å². The Morgan fingerprint density at radius 1 is 0.875 bits per heavy atom. The lowest BCUT2D eigenvalue weighted by Crippen LogP contribution is -2.65. The van der Waals surface area contributed by atoms with Crippen molar-refractivity contribution >= 4 is 0 Å². The first-order valence-corrected chi connectivity index (χ1v) is 13.9. The van der Waals surface area contributed by atoms with Crippen molar-refractivity contribution in [2.75, 3.05) is 6.61 Å². The summed E-state index contributed by atoms with van der Waals surface area (Å²) < 4.78 is 0. The quantitative estimate of drug-likeness (QED) is 0.429. The molecule has 0 heterocycles. The number of hydrogen-bond donors (Lipinski definition) is 2. The molecule has 0 unspecified atom stereocenters. The summed E-state index contributed by atoms with van der Waals surface area (Å²) in [5.41, 5.74) is 2.77. The molecule has 0 aromatic rings. The van der Waals surface area contributed by atoms with E-state index in [2.05, 4.69) is 54.5 Å². The Morgan fingerprint density at radius 2 is 1.59 bits per heavy atom. The first-order valence-electron chi connectivity index (χ1n) is 13.9. The molecule has 182 valence electrons. The van der Waals surface area contributed by atoms with Crippen molar-refractivity contribution in [2.24, 2.45) is 56.7 Å². The summed E-state index contributed by atoms with van der Waals surface area (Å²) >= 11 is 0. The molecule has 2 heteroatoms. The van der Waals surface area contributed by atoms with E-state index in [0.29, 0.717) is 41.1 Å². The lowest BCUT2D eigenvalue weighted by atomic mass is 9.33. The smallest absolute Gasteiger partial charge is 0.0594 e. The van der Waals surface area contributed by atoms with Gasteiger partial charge in [-0.25, -0.2) is 0 Å². The van der Waals surface area contributed by atoms with Crippen LogP contribution in [0.15, 0.2) is 11.6 Å². The van der Waals surface area contributed by atoms with Crippen LogP contribution in [0.5, 0.6) is 0 Å². The van der Waals surface area contributed by atoms with Crippen LogP contribution in [-0.4, -0.2) is 22.9 Å². The van der Waals surface area contributed by atoms with Crippen LogP contribution in [0.3, 0.4) is 0 Å². The standard InChI is InChI=1S/C30H50O2/c1-19-10-15-30(18-31)17-16-28(6)21(25(30)20(19)2)8-9-23-27(5)13-12-24(32)26(3,4)22(27)11-14-29(23,28)7/h8,19-20,22-25,31-32H,9-18H2,1-7H3/t19-,20+,22+,23-,24-,25+,27+,28-,29-,30-/m1/s1. The highest BCUT2D eigenvalue weighted by atomic mass is 16.3. The zero-order valence-corrected chi connectivity index (χ0v) is 22.0. The average molecular weight is 443 g/mol. The molecule has 32 heavy (non-hydrogen) atoms. The molecule has 4 saturated carbocycles. The van der Waals surface area contributed by atoms with Crippen LogP contribution in [0.4, 0.5) is 0 Å². The van der Waals surface area contributed by atoms with E-state index in [1.165, 1.54) is 51.4 Å². The maximum atomic E-state index is 10.9. The van der Waals surface area contributed by atoms with Gasteiger partial charge in [-0.1, -0.05) is 60.1 Å². The predicted molar refractivity (Wildman–Crippen MR) is 132 cm³/mol. The second-order valence-electron chi connectivity index (χ2n) is 14.5. The number of allylic oxidation sites excluding steroid dienone is 2. The Morgan fingerprint density at radius 3 is 2.28 bits per heavy atom. The van der Waals surface area contributed by atoms with Crippen LogP contribution < -0.4 is 0 Å². The van der Waals surface area contributed by atoms with Crippen molar-refractivity contribution in [2.45, 2.75) is 112 Å². The lowest BCUT2D eigenvalue weighted by Gasteiger charge is -2.71. The summed E-state index contributed by atoms with van der Waals surface area (Å²) in [6, 6.07) is 0. The topological polar surface area (TPSA) is 40.5 Å². The van der Waals surface area contributed by atoms with Crippen molar-refractivity contribution in [1.82, 2.24) is 0 Å². The maximum absolute atomic E-state index is 10.9. The van der Waals surface area contributed by atoms with Crippen molar-refractivity contribution in [3.8, 4) is 0 Å². The van der Waals surface area contributed by atoms with Crippen LogP contribution in [0, 0.1) is 56.7 Å². The fourth-order valence-electron chi connectivity index (χ4n) is 10.9. The molecule has 10 atom stereocenters. The van der Waals surface area contributed by atoms with Gasteiger partial charge in [0.25, 0.3) is 0 Å². The Balaban J connectivity index is 1.59. The van der Waals surface area contributed by atoms with Gasteiger partial charge in [-0.3, -0.25) is 0 Å². The Hall–Kier alpha value is -0.340. The molecule has 0 bridgehead atoms. The SMILES string of the molecule is C[C@H]1[C@H](C)CC[C@]2(CO)CC[C@]3(C)C(=CC[C@@H]4[C@@]5(C)CC[C@@H](O)C(C)(C)[C@@H]5CC[C@]43C)[C@H]12. The molecule has 0 radical (unpaired) electrons. The second kappa shape index (κ2) is 7.09. The van der Waals surface area contributed by atoms with E-state index in [0.717, 1.165) is 12.3 Å². The van der Waals surface area contributed by atoms with E-state index >= 15 is 0 Å². The summed E-state index contributed by atoms with van der Waals surface area (Å²) in [4.78, 5) is 0. The van der Waals surface area contributed by atoms with E-state index in [1.54, 1.807) is 5.57 Å². The summed E-state index contributed by atoms with van der Waals surface area (Å²) in [5.74, 6) is 3.29. The lowest BCUT2D eigenvalue weighted by molar-refractivity contribution is -0.205. The van der Waals surface area contributed by atoms with Crippen molar-refractivity contribution in [3.63, 3.8) is 0 Å². The van der Waals surface area contributed by atoms with Crippen molar-refractivity contribution in [1.29, 1.82) is 0 Å². The summed E-state index contributed by atoms with van der Waals surface area (Å²) in [7, 11) is 0. The van der Waals surface area contributed by atoms with Crippen LogP contribution in [-0.2, 0) is 0 Å². The maximum Gasteiger partial charge on any atom is 0.0594 e. The molecule has 5 aliphatic carbocycles. The molecule has 0 saturated heterocycles. The first kappa shape index (κ1) is 23.4. The van der Waals surface area contributed by atoms with E-state index in [-0.39, 0.29) is 22.3 Å². The number of rotatable bonds is 1. The van der Waals surface area contributed by atoms with E-state index < -0.39 is 0 Å². The van der Waals surface area contributed by atoms with Crippen LogP contribution in [0.25, 0.3) is 0 Å². The number of hydrogen-bond acceptors (Lipinski definition) is 2. The Bertz CT molecular complexity index is 799. The third-order valence-corrected chi connectivity index (χ3v) is 13.5. The highest BCUT2D eigenvalue weighted by molar-refractivity contribution is 5.34. The number of fused-ring (bicyclic) bond motifs is 7.